The molecule has 3 rings (SSSR count). The molecule has 2 heterocycles. The number of carbonyl (C=O) groups excluding carboxylic acids is 1. The predicted octanol–water partition coefficient (Wildman–Crippen LogP) is 2.62. The fourth-order valence-corrected chi connectivity index (χ4v) is 2.70. The van der Waals surface area contributed by atoms with Crippen LogP contribution in [0.5, 0.6) is 0 Å². The lowest BCUT2D eigenvalue weighted by Gasteiger charge is -2.16. The third kappa shape index (κ3) is 2.70. The molecule has 0 spiro atoms. The van der Waals surface area contributed by atoms with E-state index in [9.17, 15) is 4.79 Å². The Morgan fingerprint density at radius 2 is 2.00 bits per heavy atom. The average molecular weight is 254 g/mol. The Kier molecular flexibility index (Phi) is 3.36. The Hall–Kier alpha value is -2.03. The van der Waals surface area contributed by atoms with Crippen LogP contribution in [0.3, 0.4) is 0 Å². The first kappa shape index (κ1) is 12.0. The molecular formula is C16H18N2O. The third-order valence-electron chi connectivity index (χ3n) is 3.70. The lowest BCUT2D eigenvalue weighted by Crippen LogP contribution is -2.36. The topological polar surface area (TPSA) is 34.0 Å². The minimum atomic E-state index is 0.0330. The molecule has 0 aliphatic carbocycles. The van der Waals surface area contributed by atoms with E-state index in [2.05, 4.69) is 28.2 Å². The first-order chi connectivity index (χ1) is 9.33. The van der Waals surface area contributed by atoms with Crippen LogP contribution in [0.4, 0.5) is 0 Å². The third-order valence-corrected chi connectivity index (χ3v) is 3.70. The average Bonchev–Trinajstić information content (AvgIpc) is 2.79. The number of aryl methyl sites for hydroxylation is 1. The monoisotopic (exact) mass is 254 g/mol. The molecule has 19 heavy (non-hydrogen) atoms. The molecule has 0 fully saturated rings. The molecule has 1 aliphatic rings. The molecule has 1 aromatic heterocycles. The van der Waals surface area contributed by atoms with Crippen molar-refractivity contribution in [3.8, 4) is 0 Å². The molecule has 3 nitrogen and oxygen atoms in total. The van der Waals surface area contributed by atoms with Crippen molar-refractivity contribution in [2.45, 2.75) is 31.8 Å². The molecule has 98 valence electrons. The van der Waals surface area contributed by atoms with E-state index in [0.29, 0.717) is 0 Å². The van der Waals surface area contributed by atoms with E-state index in [-0.39, 0.29) is 11.9 Å². The van der Waals surface area contributed by atoms with Gasteiger partial charge < -0.3 is 9.88 Å². The summed E-state index contributed by atoms with van der Waals surface area (Å²) in [4.78, 5) is 12.2. The van der Waals surface area contributed by atoms with Crippen molar-refractivity contribution in [2.75, 3.05) is 0 Å². The van der Waals surface area contributed by atoms with Crippen molar-refractivity contribution in [1.29, 1.82) is 0 Å². The number of rotatable bonds is 2. The molecule has 0 bridgehead atoms. The maximum Gasteiger partial charge on any atom is 0.251 e. The highest BCUT2D eigenvalue weighted by atomic mass is 16.1. The Balaban J connectivity index is 1.69. The van der Waals surface area contributed by atoms with Crippen molar-refractivity contribution in [3.63, 3.8) is 0 Å². The van der Waals surface area contributed by atoms with E-state index < -0.39 is 0 Å². The van der Waals surface area contributed by atoms with Gasteiger partial charge in [0.1, 0.15) is 0 Å². The van der Waals surface area contributed by atoms with Gasteiger partial charge in [0.15, 0.2) is 0 Å². The molecule has 1 aromatic carbocycles. The molecule has 1 aliphatic heterocycles. The Morgan fingerprint density at radius 3 is 2.84 bits per heavy atom. The Morgan fingerprint density at radius 1 is 1.16 bits per heavy atom. The van der Waals surface area contributed by atoms with Crippen LogP contribution in [0.1, 0.15) is 28.9 Å². The van der Waals surface area contributed by atoms with Gasteiger partial charge in [-0.05, 0) is 37.1 Å². The summed E-state index contributed by atoms with van der Waals surface area (Å²) in [5, 5.41) is 3.15. The number of nitrogens with zero attached hydrogens (tertiary/aromatic N) is 1. The van der Waals surface area contributed by atoms with Gasteiger partial charge in [0.05, 0.1) is 0 Å². The highest BCUT2D eigenvalue weighted by Crippen LogP contribution is 2.16. The van der Waals surface area contributed by atoms with Crippen molar-refractivity contribution in [2.24, 2.45) is 0 Å². The van der Waals surface area contributed by atoms with Crippen LogP contribution < -0.4 is 5.32 Å². The molecular weight excluding hydrogens is 236 g/mol. The van der Waals surface area contributed by atoms with Gasteiger partial charge in [0, 0.05) is 36.5 Å². The zero-order valence-electron chi connectivity index (χ0n) is 10.9. The molecule has 1 unspecified atom stereocenters. The number of hydrogen-bond donors (Lipinski definition) is 1. The zero-order chi connectivity index (χ0) is 13.1. The molecule has 2 aromatic rings. The molecule has 0 saturated carbocycles. The van der Waals surface area contributed by atoms with Gasteiger partial charge in [-0.25, -0.2) is 0 Å². The van der Waals surface area contributed by atoms with Gasteiger partial charge >= 0.3 is 0 Å². The molecule has 1 amide bonds. The highest BCUT2D eigenvalue weighted by molar-refractivity contribution is 5.94. The second-order valence-electron chi connectivity index (χ2n) is 5.08. The molecule has 0 radical (unpaired) electrons. The van der Waals surface area contributed by atoms with E-state index in [4.69, 9.17) is 0 Å². The minimum absolute atomic E-state index is 0.0330. The fourth-order valence-electron chi connectivity index (χ4n) is 2.70. The maximum atomic E-state index is 12.2. The van der Waals surface area contributed by atoms with Crippen molar-refractivity contribution in [3.05, 3.63) is 59.9 Å². The number of hydrogen-bond acceptors (Lipinski definition) is 1. The zero-order valence-corrected chi connectivity index (χ0v) is 10.9. The van der Waals surface area contributed by atoms with Crippen molar-refractivity contribution >= 4 is 5.91 Å². The van der Waals surface area contributed by atoms with Crippen LogP contribution in [-0.2, 0) is 13.0 Å². The summed E-state index contributed by atoms with van der Waals surface area (Å²) < 4.78 is 2.29. The van der Waals surface area contributed by atoms with Crippen LogP contribution in [0.2, 0.25) is 0 Å². The molecule has 1 atom stereocenters. The number of aromatic nitrogens is 1. The van der Waals surface area contributed by atoms with E-state index in [0.717, 1.165) is 31.4 Å². The number of amides is 1. The SMILES string of the molecule is O=C(NC1CCCn2cccc2C1)c1ccccc1. The van der Waals surface area contributed by atoms with Crippen LogP contribution in [0.25, 0.3) is 0 Å². The normalized spacial score (nSPS) is 18.4. The summed E-state index contributed by atoms with van der Waals surface area (Å²) in [7, 11) is 0. The summed E-state index contributed by atoms with van der Waals surface area (Å²) in [6.07, 6.45) is 5.20. The number of carbonyl (C=O) groups is 1. The van der Waals surface area contributed by atoms with Crippen molar-refractivity contribution < 1.29 is 4.79 Å². The van der Waals surface area contributed by atoms with Gasteiger partial charge in [-0.15, -0.1) is 0 Å². The largest absolute Gasteiger partial charge is 0.351 e. The Bertz CT molecular complexity index is 559. The van der Waals surface area contributed by atoms with Crippen molar-refractivity contribution in [1.82, 2.24) is 9.88 Å². The highest BCUT2D eigenvalue weighted by Gasteiger charge is 2.18. The minimum Gasteiger partial charge on any atom is -0.351 e. The van der Waals surface area contributed by atoms with Gasteiger partial charge in [-0.2, -0.15) is 0 Å². The predicted molar refractivity (Wildman–Crippen MR) is 75.1 cm³/mol. The van der Waals surface area contributed by atoms with Crippen LogP contribution in [0, 0.1) is 0 Å². The van der Waals surface area contributed by atoms with Gasteiger partial charge in [-0.3, -0.25) is 4.79 Å². The van der Waals surface area contributed by atoms with Crippen LogP contribution >= 0.6 is 0 Å². The van der Waals surface area contributed by atoms with E-state index in [1.165, 1.54) is 5.69 Å². The number of benzene rings is 1. The number of nitrogens with one attached hydrogen (secondary N) is 1. The second-order valence-corrected chi connectivity index (χ2v) is 5.08. The summed E-state index contributed by atoms with van der Waals surface area (Å²) in [6, 6.07) is 13.9. The van der Waals surface area contributed by atoms with E-state index in [1.807, 2.05) is 30.3 Å². The maximum absolute atomic E-state index is 12.2. The Labute approximate surface area is 113 Å². The van der Waals surface area contributed by atoms with Gasteiger partial charge in [0.25, 0.3) is 5.91 Å². The quantitative estimate of drug-likeness (QED) is 0.878. The molecule has 3 heteroatoms. The van der Waals surface area contributed by atoms with Crippen LogP contribution in [-0.4, -0.2) is 16.5 Å². The second kappa shape index (κ2) is 5.31. The van der Waals surface area contributed by atoms with E-state index >= 15 is 0 Å². The molecule has 1 N–H and O–H groups in total. The lowest BCUT2D eigenvalue weighted by atomic mass is 10.1. The standard InChI is InChI=1S/C16H18N2O/c19-16(13-6-2-1-3-7-13)17-14-8-4-10-18-11-5-9-15(18)12-14/h1-3,5-7,9,11,14H,4,8,10,12H2,(H,17,19). The first-order valence-electron chi connectivity index (χ1n) is 6.83. The smallest absolute Gasteiger partial charge is 0.251 e. The van der Waals surface area contributed by atoms with Gasteiger partial charge in [-0.1, -0.05) is 18.2 Å². The fraction of sp³-hybridized carbons (Fsp3) is 0.312. The first-order valence-corrected chi connectivity index (χ1v) is 6.83. The molecule has 0 saturated heterocycles. The van der Waals surface area contributed by atoms with Gasteiger partial charge in [0.2, 0.25) is 0 Å². The van der Waals surface area contributed by atoms with Crippen LogP contribution in [0.15, 0.2) is 48.7 Å². The summed E-state index contributed by atoms with van der Waals surface area (Å²) in [5.74, 6) is 0.0330. The summed E-state index contributed by atoms with van der Waals surface area (Å²) >= 11 is 0. The summed E-state index contributed by atoms with van der Waals surface area (Å²) in [5.41, 5.74) is 2.05. The van der Waals surface area contributed by atoms with E-state index in [1.54, 1.807) is 0 Å². The lowest BCUT2D eigenvalue weighted by molar-refractivity contribution is 0.0935. The number of fused-ring (bicyclic) bond motifs is 1. The summed E-state index contributed by atoms with van der Waals surface area (Å²) in [6.45, 7) is 1.06.